The summed E-state index contributed by atoms with van der Waals surface area (Å²) in [6.07, 6.45) is 0. The summed E-state index contributed by atoms with van der Waals surface area (Å²) in [6, 6.07) is 9.07. The van der Waals surface area contributed by atoms with Crippen LogP contribution in [-0.2, 0) is 0 Å². The lowest BCUT2D eigenvalue weighted by atomic mass is 10.2. The fourth-order valence-corrected chi connectivity index (χ4v) is 1.72. The molecule has 0 fully saturated rings. The van der Waals surface area contributed by atoms with Gasteiger partial charge in [-0.2, -0.15) is 0 Å². The van der Waals surface area contributed by atoms with Crippen LogP contribution in [-0.4, -0.2) is 5.91 Å². The van der Waals surface area contributed by atoms with Crippen molar-refractivity contribution in [2.75, 3.05) is 5.32 Å². The molecule has 0 aliphatic heterocycles. The maximum Gasteiger partial charge on any atom is 0.291 e. The van der Waals surface area contributed by atoms with E-state index in [0.29, 0.717) is 5.76 Å². The van der Waals surface area contributed by atoms with Crippen molar-refractivity contribution in [2.45, 2.75) is 13.8 Å². The molecule has 0 spiro atoms. The van der Waals surface area contributed by atoms with Gasteiger partial charge in [-0.1, -0.05) is 15.9 Å². The minimum absolute atomic E-state index is 0.236. The predicted octanol–water partition coefficient (Wildman–Crippen LogP) is 3.91. The van der Waals surface area contributed by atoms with Crippen LogP contribution in [0.2, 0.25) is 0 Å². The third kappa shape index (κ3) is 2.77. The first-order chi connectivity index (χ1) is 8.06. The maximum absolute atomic E-state index is 11.8. The Morgan fingerprint density at radius 2 is 2.00 bits per heavy atom. The van der Waals surface area contributed by atoms with Crippen LogP contribution >= 0.6 is 15.9 Å². The molecule has 3 nitrogen and oxygen atoms in total. The summed E-state index contributed by atoms with van der Waals surface area (Å²) >= 11 is 3.41. The number of carbonyl (C=O) groups excluding carboxylic acids is 1. The van der Waals surface area contributed by atoms with Gasteiger partial charge in [0.15, 0.2) is 5.76 Å². The van der Waals surface area contributed by atoms with Crippen molar-refractivity contribution < 1.29 is 9.21 Å². The third-order valence-electron chi connectivity index (χ3n) is 2.38. The average molecular weight is 294 g/mol. The van der Waals surface area contributed by atoms with Crippen molar-refractivity contribution in [1.29, 1.82) is 0 Å². The van der Waals surface area contributed by atoms with E-state index < -0.39 is 0 Å². The molecular weight excluding hydrogens is 282 g/mol. The zero-order valence-electron chi connectivity index (χ0n) is 9.58. The predicted molar refractivity (Wildman–Crippen MR) is 70.3 cm³/mol. The topological polar surface area (TPSA) is 42.2 Å². The van der Waals surface area contributed by atoms with Crippen LogP contribution in [0, 0.1) is 13.8 Å². The average Bonchev–Trinajstić information content (AvgIpc) is 2.70. The Hall–Kier alpha value is -1.55. The van der Waals surface area contributed by atoms with Crippen LogP contribution < -0.4 is 5.32 Å². The molecule has 0 radical (unpaired) electrons. The van der Waals surface area contributed by atoms with Crippen LogP contribution in [0.1, 0.15) is 21.9 Å². The number of hydrogen-bond donors (Lipinski definition) is 1. The minimum Gasteiger partial charge on any atom is -0.456 e. The highest BCUT2D eigenvalue weighted by Gasteiger charge is 2.10. The fraction of sp³-hybridized carbons (Fsp3) is 0.154. The van der Waals surface area contributed by atoms with Crippen molar-refractivity contribution in [2.24, 2.45) is 0 Å². The number of amides is 1. The van der Waals surface area contributed by atoms with E-state index in [9.17, 15) is 4.79 Å². The lowest BCUT2D eigenvalue weighted by molar-refractivity contribution is 0.0995. The standard InChI is InChI=1S/C13H12BrNO2/c1-8-7-10(4-5-11(8)14)15-13(16)12-6-3-9(2)17-12/h3-7H,1-2H3,(H,15,16). The van der Waals surface area contributed by atoms with Gasteiger partial charge in [0.25, 0.3) is 5.91 Å². The van der Waals surface area contributed by atoms with Gasteiger partial charge in [-0.3, -0.25) is 4.79 Å². The molecular formula is C13H12BrNO2. The van der Waals surface area contributed by atoms with Gasteiger partial charge < -0.3 is 9.73 Å². The van der Waals surface area contributed by atoms with Crippen molar-refractivity contribution in [3.8, 4) is 0 Å². The van der Waals surface area contributed by atoms with Crippen LogP contribution in [0.4, 0.5) is 5.69 Å². The van der Waals surface area contributed by atoms with Crippen LogP contribution in [0.25, 0.3) is 0 Å². The quantitative estimate of drug-likeness (QED) is 0.912. The van der Waals surface area contributed by atoms with Gasteiger partial charge in [-0.15, -0.1) is 0 Å². The molecule has 0 saturated heterocycles. The Bertz CT molecular complexity index is 560. The highest BCUT2D eigenvalue weighted by Crippen LogP contribution is 2.20. The Labute approximate surface area is 108 Å². The van der Waals surface area contributed by atoms with Crippen molar-refractivity contribution in [3.05, 3.63) is 51.9 Å². The molecule has 1 amide bonds. The monoisotopic (exact) mass is 293 g/mol. The Morgan fingerprint density at radius 1 is 1.24 bits per heavy atom. The molecule has 17 heavy (non-hydrogen) atoms. The molecule has 1 aromatic carbocycles. The van der Waals surface area contributed by atoms with Gasteiger partial charge in [0.1, 0.15) is 5.76 Å². The van der Waals surface area contributed by atoms with Gasteiger partial charge in [-0.05, 0) is 49.7 Å². The van der Waals surface area contributed by atoms with Crippen molar-refractivity contribution in [1.82, 2.24) is 0 Å². The molecule has 1 aromatic heterocycles. The van der Waals surface area contributed by atoms with Gasteiger partial charge in [-0.25, -0.2) is 0 Å². The molecule has 2 rings (SSSR count). The van der Waals surface area contributed by atoms with Crippen molar-refractivity contribution in [3.63, 3.8) is 0 Å². The number of halogens is 1. The highest BCUT2D eigenvalue weighted by atomic mass is 79.9. The van der Waals surface area contributed by atoms with Crippen LogP contribution in [0.5, 0.6) is 0 Å². The van der Waals surface area contributed by atoms with E-state index in [1.54, 1.807) is 19.1 Å². The summed E-state index contributed by atoms with van der Waals surface area (Å²) in [6.45, 7) is 3.78. The SMILES string of the molecule is Cc1ccc(C(=O)Nc2ccc(Br)c(C)c2)o1. The fourth-order valence-electron chi connectivity index (χ4n) is 1.47. The summed E-state index contributed by atoms with van der Waals surface area (Å²) in [4.78, 5) is 11.8. The normalized spacial score (nSPS) is 10.3. The van der Waals surface area contributed by atoms with E-state index in [1.807, 2.05) is 25.1 Å². The number of anilines is 1. The smallest absolute Gasteiger partial charge is 0.291 e. The summed E-state index contributed by atoms with van der Waals surface area (Å²) in [7, 11) is 0. The first-order valence-corrected chi connectivity index (χ1v) is 5.99. The number of hydrogen-bond acceptors (Lipinski definition) is 2. The number of nitrogens with one attached hydrogen (secondary N) is 1. The first kappa shape index (κ1) is 11.9. The Kier molecular flexibility index (Phi) is 3.33. The second-order valence-electron chi connectivity index (χ2n) is 3.83. The molecule has 0 aliphatic rings. The van der Waals surface area contributed by atoms with E-state index >= 15 is 0 Å². The summed E-state index contributed by atoms with van der Waals surface area (Å²) in [5.41, 5.74) is 1.82. The molecule has 1 heterocycles. The third-order valence-corrected chi connectivity index (χ3v) is 3.27. The highest BCUT2D eigenvalue weighted by molar-refractivity contribution is 9.10. The van der Waals surface area contributed by atoms with Crippen LogP contribution in [0.15, 0.2) is 39.2 Å². The zero-order chi connectivity index (χ0) is 12.4. The molecule has 88 valence electrons. The van der Waals surface area contributed by atoms with Gasteiger partial charge >= 0.3 is 0 Å². The molecule has 4 heteroatoms. The Morgan fingerprint density at radius 3 is 2.59 bits per heavy atom. The zero-order valence-corrected chi connectivity index (χ0v) is 11.2. The number of rotatable bonds is 2. The summed E-state index contributed by atoms with van der Waals surface area (Å²) in [5.74, 6) is 0.810. The lowest BCUT2D eigenvalue weighted by Gasteiger charge is -2.05. The summed E-state index contributed by atoms with van der Waals surface area (Å²) < 4.78 is 6.27. The number of carbonyl (C=O) groups is 1. The second kappa shape index (κ2) is 4.75. The molecule has 0 aliphatic carbocycles. The van der Waals surface area contributed by atoms with Gasteiger partial charge in [0.2, 0.25) is 0 Å². The van der Waals surface area contributed by atoms with Gasteiger partial charge in [0.05, 0.1) is 0 Å². The van der Waals surface area contributed by atoms with E-state index in [0.717, 1.165) is 21.5 Å². The van der Waals surface area contributed by atoms with E-state index in [4.69, 9.17) is 4.42 Å². The molecule has 1 N–H and O–H groups in total. The van der Waals surface area contributed by atoms with Crippen molar-refractivity contribution >= 4 is 27.5 Å². The summed E-state index contributed by atoms with van der Waals surface area (Å²) in [5, 5.41) is 2.79. The van der Waals surface area contributed by atoms with E-state index in [-0.39, 0.29) is 5.91 Å². The number of aryl methyl sites for hydroxylation is 2. The molecule has 2 aromatic rings. The molecule has 0 atom stereocenters. The van der Waals surface area contributed by atoms with Crippen LogP contribution in [0.3, 0.4) is 0 Å². The molecule has 0 saturated carbocycles. The Balaban J connectivity index is 2.15. The molecule has 0 unspecified atom stereocenters. The maximum atomic E-state index is 11.8. The minimum atomic E-state index is -0.236. The number of furan rings is 1. The first-order valence-electron chi connectivity index (χ1n) is 5.20. The number of benzene rings is 1. The molecule has 0 bridgehead atoms. The largest absolute Gasteiger partial charge is 0.456 e. The van der Waals surface area contributed by atoms with E-state index in [1.165, 1.54) is 0 Å². The lowest BCUT2D eigenvalue weighted by Crippen LogP contribution is -2.10. The second-order valence-corrected chi connectivity index (χ2v) is 4.68. The van der Waals surface area contributed by atoms with E-state index in [2.05, 4.69) is 21.2 Å². The van der Waals surface area contributed by atoms with Gasteiger partial charge in [0, 0.05) is 10.2 Å².